The molecule has 0 saturated carbocycles. The van der Waals surface area contributed by atoms with E-state index in [-0.39, 0.29) is 0 Å². The molecule has 0 bridgehead atoms. The second-order valence-electron chi connectivity index (χ2n) is 1.64. The first-order chi connectivity index (χ1) is 4.83. The van der Waals surface area contributed by atoms with Gasteiger partial charge in [-0.15, -0.1) is 0 Å². The summed E-state index contributed by atoms with van der Waals surface area (Å²) in [5.74, 6) is -1.60. The molecule has 0 aromatic rings. The minimum absolute atomic E-state index is 0.931. The summed E-state index contributed by atoms with van der Waals surface area (Å²) in [4.78, 5) is 25.9. The first-order valence-electron chi connectivity index (χ1n) is 2.44. The summed E-state index contributed by atoms with van der Waals surface area (Å²) < 4.78 is 13.6. The van der Waals surface area contributed by atoms with E-state index in [2.05, 4.69) is 4.52 Å². The Morgan fingerprint density at radius 1 is 1.82 bits per heavy atom. The molecule has 7 nitrogen and oxygen atoms in total. The molecular formula is C3H7O7P. The molecule has 1 unspecified atom stereocenters. The van der Waals surface area contributed by atoms with Gasteiger partial charge in [0.25, 0.3) is 0 Å². The van der Waals surface area contributed by atoms with Gasteiger partial charge in [-0.25, -0.2) is 9.36 Å². The lowest BCUT2D eigenvalue weighted by Gasteiger charge is -2.06. The van der Waals surface area contributed by atoms with Crippen LogP contribution in [0.1, 0.15) is 0 Å². The molecule has 0 radical (unpaired) electrons. The van der Waals surface area contributed by atoms with Crippen LogP contribution in [-0.4, -0.2) is 38.7 Å². The van der Waals surface area contributed by atoms with Gasteiger partial charge in [-0.1, -0.05) is 0 Å². The molecule has 0 aliphatic heterocycles. The minimum atomic E-state index is -4.68. The number of aliphatic carboxylic acids is 1. The Bertz CT molecular complexity index is 182. The van der Waals surface area contributed by atoms with Crippen LogP contribution in [0.5, 0.6) is 0 Å². The van der Waals surface area contributed by atoms with Crippen molar-refractivity contribution in [2.75, 3.05) is 6.61 Å². The maximum absolute atomic E-state index is 9.93. The van der Waals surface area contributed by atoms with E-state index in [0.717, 1.165) is 0 Å². The van der Waals surface area contributed by atoms with E-state index >= 15 is 0 Å². The first-order valence-corrected chi connectivity index (χ1v) is 3.97. The van der Waals surface area contributed by atoms with Gasteiger partial charge in [-0.2, -0.15) is 0 Å². The Balaban J connectivity index is 3.72. The number of phosphoric ester groups is 1. The highest BCUT2D eigenvalue weighted by molar-refractivity contribution is 7.46. The van der Waals surface area contributed by atoms with Crippen molar-refractivity contribution in [3.8, 4) is 0 Å². The number of phosphoric acid groups is 1. The van der Waals surface area contributed by atoms with Gasteiger partial charge in [-0.05, 0) is 0 Å². The number of carboxylic acid groups (broad SMARTS) is 1. The molecule has 0 fully saturated rings. The van der Waals surface area contributed by atoms with Crippen molar-refractivity contribution in [3.63, 3.8) is 0 Å². The van der Waals surface area contributed by atoms with Crippen LogP contribution in [0.15, 0.2) is 0 Å². The van der Waals surface area contributed by atoms with E-state index in [1.54, 1.807) is 0 Å². The lowest BCUT2D eigenvalue weighted by molar-refractivity contribution is -0.148. The van der Waals surface area contributed by atoms with Gasteiger partial charge in [0, 0.05) is 0 Å². The highest BCUT2D eigenvalue weighted by Crippen LogP contribution is 2.35. The Morgan fingerprint density at radius 2 is 2.27 bits per heavy atom. The molecular weight excluding hydrogens is 183 g/mol. The van der Waals surface area contributed by atoms with Gasteiger partial charge in [0.2, 0.25) is 0 Å². The zero-order chi connectivity index (χ0) is 9.07. The Morgan fingerprint density at radius 3 is 2.55 bits per heavy atom. The van der Waals surface area contributed by atoms with Gasteiger partial charge in [0.1, 0.15) is 0 Å². The second kappa shape index (κ2) is 3.80. The number of hydrogen-bond acceptors (Lipinski definition) is 4. The van der Waals surface area contributed by atoms with E-state index in [4.69, 9.17) is 20.0 Å². The smallest absolute Gasteiger partial charge is 0.469 e. The van der Waals surface area contributed by atoms with E-state index in [0.29, 0.717) is 0 Å². The lowest BCUT2D eigenvalue weighted by Crippen LogP contribution is -2.24. The van der Waals surface area contributed by atoms with Crippen molar-refractivity contribution < 1.29 is 33.9 Å². The summed E-state index contributed by atoms with van der Waals surface area (Å²) in [6.45, 7) is -0.931. The Kier molecular flexibility index (Phi) is 3.64. The van der Waals surface area contributed by atoms with Crippen LogP contribution in [0.25, 0.3) is 0 Å². The summed E-state index contributed by atoms with van der Waals surface area (Å²) in [7, 11) is -4.68. The van der Waals surface area contributed by atoms with E-state index in [1.807, 2.05) is 0 Å². The molecule has 0 aliphatic carbocycles. The fourth-order valence-electron chi connectivity index (χ4n) is 0.239. The summed E-state index contributed by atoms with van der Waals surface area (Å²) in [6.07, 6.45) is -1.91. The predicted molar refractivity (Wildman–Crippen MR) is 31.6 cm³/mol. The number of carbonyl (C=O) groups is 1. The third-order valence-electron chi connectivity index (χ3n) is 0.686. The van der Waals surface area contributed by atoms with Crippen LogP contribution < -0.4 is 0 Å². The number of hydrogen-bond donors (Lipinski definition) is 4. The largest absolute Gasteiger partial charge is 0.479 e. The van der Waals surface area contributed by atoms with Crippen molar-refractivity contribution in [2.24, 2.45) is 0 Å². The highest BCUT2D eigenvalue weighted by atomic mass is 31.2. The summed E-state index contributed by atoms with van der Waals surface area (Å²) in [5.41, 5.74) is 0. The fraction of sp³-hybridized carbons (Fsp3) is 0.667. The molecule has 11 heavy (non-hydrogen) atoms. The molecule has 0 amide bonds. The summed E-state index contributed by atoms with van der Waals surface area (Å²) in [5, 5.41) is 16.4. The van der Waals surface area contributed by atoms with Gasteiger partial charge in [-0.3, -0.25) is 4.52 Å². The Labute approximate surface area is 61.5 Å². The first kappa shape index (κ1) is 10.5. The quantitative estimate of drug-likeness (QED) is 0.315. The van der Waals surface area contributed by atoms with E-state index in [1.165, 1.54) is 0 Å². The van der Waals surface area contributed by atoms with Crippen molar-refractivity contribution in [1.29, 1.82) is 0 Å². The molecule has 0 rings (SSSR count). The van der Waals surface area contributed by atoms with Crippen LogP contribution >= 0.6 is 7.82 Å². The lowest BCUT2D eigenvalue weighted by atomic mass is 10.4. The van der Waals surface area contributed by atoms with Gasteiger partial charge in [0.15, 0.2) is 6.10 Å². The third-order valence-corrected chi connectivity index (χ3v) is 1.17. The molecule has 0 heterocycles. The van der Waals surface area contributed by atoms with Crippen molar-refractivity contribution >= 4 is 13.8 Å². The van der Waals surface area contributed by atoms with Crippen LogP contribution in [0.4, 0.5) is 0 Å². The third kappa shape index (κ3) is 5.96. The van der Waals surface area contributed by atoms with Crippen molar-refractivity contribution in [2.45, 2.75) is 6.10 Å². The summed E-state index contributed by atoms with van der Waals surface area (Å²) in [6, 6.07) is 0. The normalized spacial score (nSPS) is 18.8. The maximum Gasteiger partial charge on any atom is 0.469 e. The van der Waals surface area contributed by atoms with Crippen molar-refractivity contribution in [1.82, 2.24) is 0 Å². The van der Waals surface area contributed by atoms with E-state index < -0.39 is 26.5 Å². The topological polar surface area (TPSA) is 124 Å². The molecule has 8 heteroatoms. The number of rotatable bonds is 4. The number of aliphatic hydroxyl groups excluding tert-OH is 1. The molecule has 2 atom stereocenters. The van der Waals surface area contributed by atoms with Crippen LogP contribution in [0.3, 0.4) is 0 Å². The van der Waals surface area contributed by atoms with Gasteiger partial charge < -0.3 is 20.0 Å². The average molecular weight is 190 g/mol. The van der Waals surface area contributed by atoms with Gasteiger partial charge >= 0.3 is 13.8 Å². The average Bonchev–Trinajstić information content (AvgIpc) is 1.80. The second-order valence-corrected chi connectivity index (χ2v) is 2.88. The Hall–Kier alpha value is -0.460. The number of carboxylic acids is 1. The van der Waals surface area contributed by atoms with Crippen molar-refractivity contribution in [3.05, 3.63) is 0 Å². The standard InChI is InChI=1S/C3H7O7P/c4-2(3(5)6)1-10-11(7,8)9/h2,4H,1H2,(H,5,6)(H2,7,8,9)/t2-/m1/s1/i7+0,8+2,9+2. The molecule has 66 valence electrons. The molecule has 0 spiro atoms. The van der Waals surface area contributed by atoms with E-state index in [9.17, 15) is 9.36 Å². The van der Waals surface area contributed by atoms with Crippen LogP contribution in [0, 0.1) is 0 Å². The molecule has 4 N–H and O–H groups in total. The molecule has 0 aromatic heterocycles. The van der Waals surface area contributed by atoms with Crippen LogP contribution in [0.2, 0.25) is 0 Å². The number of aliphatic hydroxyl groups is 1. The zero-order valence-electron chi connectivity index (χ0n) is 5.25. The molecule has 0 aliphatic rings. The monoisotopic (exact) mass is 190 g/mol. The van der Waals surface area contributed by atoms with Crippen LogP contribution in [-0.2, 0) is 13.9 Å². The fourth-order valence-corrected chi connectivity index (χ4v) is 0.574. The SMILES string of the molecule is O=C(O)[C@H](O)COP([16OH])(=[18O])[18OH]. The molecule has 0 aromatic carbocycles. The van der Waals surface area contributed by atoms with Gasteiger partial charge in [0.05, 0.1) is 6.61 Å². The maximum atomic E-state index is 9.93. The highest BCUT2D eigenvalue weighted by Gasteiger charge is 2.20. The minimum Gasteiger partial charge on any atom is -0.479 e. The zero-order valence-corrected chi connectivity index (χ0v) is 6.14. The molecule has 0 saturated heterocycles. The summed E-state index contributed by atoms with van der Waals surface area (Å²) >= 11 is 0. The predicted octanol–water partition coefficient (Wildman–Crippen LogP) is -1.46.